The average molecular weight is 272 g/mol. The molecule has 4 heteroatoms. The maximum absolute atomic E-state index is 10.1. The normalized spacial score (nSPS) is 10.3. The zero-order chi connectivity index (χ0) is 14.5. The quantitative estimate of drug-likeness (QED) is 0.875. The monoisotopic (exact) mass is 272 g/mol. The lowest BCUT2D eigenvalue weighted by Crippen LogP contribution is -2.03. The van der Waals surface area contributed by atoms with Crippen LogP contribution in [0, 0.1) is 13.8 Å². The summed E-state index contributed by atoms with van der Waals surface area (Å²) < 4.78 is 5.38. The minimum atomic E-state index is 0.194. The van der Waals surface area contributed by atoms with E-state index in [2.05, 4.69) is 10.3 Å². The van der Waals surface area contributed by atoms with Crippen molar-refractivity contribution in [2.75, 3.05) is 11.9 Å². The van der Waals surface area contributed by atoms with Crippen molar-refractivity contribution in [1.29, 1.82) is 0 Å². The molecule has 2 N–H and O–H groups in total. The van der Waals surface area contributed by atoms with E-state index in [1.54, 1.807) is 6.07 Å². The van der Waals surface area contributed by atoms with E-state index in [1.807, 2.05) is 45.0 Å². The number of aromatic nitrogens is 1. The maximum atomic E-state index is 10.1. The van der Waals surface area contributed by atoms with Gasteiger partial charge in [0.2, 0.25) is 0 Å². The summed E-state index contributed by atoms with van der Waals surface area (Å²) in [5, 5.41) is 13.4. The summed E-state index contributed by atoms with van der Waals surface area (Å²) in [6.45, 7) is 6.88. The van der Waals surface area contributed by atoms with Gasteiger partial charge in [-0.1, -0.05) is 12.1 Å². The number of para-hydroxylation sites is 1. The number of aryl methyl sites for hydroxylation is 2. The lowest BCUT2D eigenvalue weighted by atomic mass is 10.1. The van der Waals surface area contributed by atoms with Crippen LogP contribution in [0.3, 0.4) is 0 Å². The van der Waals surface area contributed by atoms with Crippen LogP contribution in [0.1, 0.15) is 23.9 Å². The number of hydrogen-bond donors (Lipinski definition) is 2. The molecule has 1 heterocycles. The van der Waals surface area contributed by atoms with Crippen LogP contribution in [0.15, 0.2) is 30.3 Å². The van der Waals surface area contributed by atoms with Gasteiger partial charge < -0.3 is 15.2 Å². The van der Waals surface area contributed by atoms with E-state index in [-0.39, 0.29) is 5.75 Å². The Morgan fingerprint density at radius 2 is 2.00 bits per heavy atom. The summed E-state index contributed by atoms with van der Waals surface area (Å²) in [5.74, 6) is 0.713. The Morgan fingerprint density at radius 1 is 1.20 bits per heavy atom. The number of phenols is 1. The molecule has 0 amide bonds. The van der Waals surface area contributed by atoms with E-state index in [1.165, 1.54) is 0 Å². The van der Waals surface area contributed by atoms with Crippen LogP contribution < -0.4 is 10.1 Å². The van der Waals surface area contributed by atoms with Crippen molar-refractivity contribution < 1.29 is 9.84 Å². The van der Waals surface area contributed by atoms with E-state index >= 15 is 0 Å². The Labute approximate surface area is 119 Å². The van der Waals surface area contributed by atoms with E-state index in [9.17, 15) is 5.11 Å². The predicted octanol–water partition coefficient (Wildman–Crippen LogP) is 3.41. The Kier molecular flexibility index (Phi) is 4.45. The lowest BCUT2D eigenvalue weighted by molar-refractivity contribution is 0.317. The number of anilines is 1. The van der Waals surface area contributed by atoms with Gasteiger partial charge in [-0.15, -0.1) is 0 Å². The van der Waals surface area contributed by atoms with Crippen molar-refractivity contribution in [1.82, 2.24) is 4.98 Å². The second-order valence-corrected chi connectivity index (χ2v) is 4.64. The summed E-state index contributed by atoms with van der Waals surface area (Å²) in [6.07, 6.45) is 0. The third-order valence-corrected chi connectivity index (χ3v) is 3.08. The average Bonchev–Trinajstić information content (AvgIpc) is 2.42. The zero-order valence-corrected chi connectivity index (χ0v) is 12.1. The summed E-state index contributed by atoms with van der Waals surface area (Å²) in [7, 11) is 0. The van der Waals surface area contributed by atoms with Gasteiger partial charge in [0.15, 0.2) is 11.5 Å². The lowest BCUT2D eigenvalue weighted by Gasteiger charge is -2.13. The number of hydrogen-bond acceptors (Lipinski definition) is 4. The molecule has 0 aliphatic rings. The van der Waals surface area contributed by atoms with Crippen LogP contribution in [0.5, 0.6) is 11.5 Å². The topological polar surface area (TPSA) is 54.4 Å². The summed E-state index contributed by atoms with van der Waals surface area (Å²) >= 11 is 0. The minimum absolute atomic E-state index is 0.194. The third-order valence-electron chi connectivity index (χ3n) is 3.08. The number of rotatable bonds is 5. The molecule has 2 aromatic rings. The van der Waals surface area contributed by atoms with Crippen molar-refractivity contribution in [3.63, 3.8) is 0 Å². The van der Waals surface area contributed by atoms with Crippen LogP contribution in [-0.4, -0.2) is 16.7 Å². The summed E-state index contributed by atoms with van der Waals surface area (Å²) in [4.78, 5) is 4.41. The van der Waals surface area contributed by atoms with E-state index in [4.69, 9.17) is 4.74 Å². The molecule has 0 atom stereocenters. The fourth-order valence-electron chi connectivity index (χ4n) is 2.05. The Balaban J connectivity index is 2.12. The fourth-order valence-corrected chi connectivity index (χ4v) is 2.05. The number of benzene rings is 1. The van der Waals surface area contributed by atoms with Crippen molar-refractivity contribution in [2.24, 2.45) is 0 Å². The van der Waals surface area contributed by atoms with Crippen molar-refractivity contribution >= 4 is 5.69 Å². The highest BCUT2D eigenvalue weighted by Crippen LogP contribution is 2.30. The highest BCUT2D eigenvalue weighted by atomic mass is 16.5. The second kappa shape index (κ2) is 6.28. The Hall–Kier alpha value is -2.23. The van der Waals surface area contributed by atoms with E-state index in [0.717, 1.165) is 22.6 Å². The Bertz CT molecular complexity index is 597. The van der Waals surface area contributed by atoms with Crippen LogP contribution in [0.4, 0.5) is 5.69 Å². The van der Waals surface area contributed by atoms with E-state index < -0.39 is 0 Å². The number of ether oxygens (including phenoxy) is 1. The van der Waals surface area contributed by atoms with Gasteiger partial charge in [0.05, 0.1) is 18.0 Å². The van der Waals surface area contributed by atoms with E-state index in [0.29, 0.717) is 18.9 Å². The first-order valence-electron chi connectivity index (χ1n) is 6.73. The molecular formula is C16H20N2O2. The minimum Gasteiger partial charge on any atom is -0.504 e. The van der Waals surface area contributed by atoms with Gasteiger partial charge in [0.1, 0.15) is 0 Å². The van der Waals surface area contributed by atoms with Gasteiger partial charge in [-0.05, 0) is 39.0 Å². The first-order valence-corrected chi connectivity index (χ1v) is 6.73. The highest BCUT2D eigenvalue weighted by Gasteiger charge is 2.08. The van der Waals surface area contributed by atoms with Gasteiger partial charge in [-0.2, -0.15) is 0 Å². The van der Waals surface area contributed by atoms with Crippen LogP contribution in [0.2, 0.25) is 0 Å². The molecule has 4 nitrogen and oxygen atoms in total. The molecule has 0 saturated heterocycles. The summed E-state index contributed by atoms with van der Waals surface area (Å²) in [6, 6.07) is 9.48. The fraction of sp³-hybridized carbons (Fsp3) is 0.312. The number of pyridine rings is 1. The van der Waals surface area contributed by atoms with Crippen LogP contribution in [0.25, 0.3) is 0 Å². The van der Waals surface area contributed by atoms with Gasteiger partial charge in [0.25, 0.3) is 0 Å². The van der Waals surface area contributed by atoms with Crippen molar-refractivity contribution in [3.05, 3.63) is 47.3 Å². The van der Waals surface area contributed by atoms with Crippen molar-refractivity contribution in [2.45, 2.75) is 27.3 Å². The SMILES string of the molecule is CCOc1cccc(CNc2ccc(C)nc2C)c1O. The van der Waals surface area contributed by atoms with Gasteiger partial charge in [-0.3, -0.25) is 4.98 Å². The number of aromatic hydroxyl groups is 1. The molecule has 106 valence electrons. The highest BCUT2D eigenvalue weighted by molar-refractivity contribution is 5.51. The molecule has 1 aromatic carbocycles. The number of phenolic OH excluding ortho intramolecular Hbond substituents is 1. The maximum Gasteiger partial charge on any atom is 0.162 e. The molecule has 0 unspecified atom stereocenters. The molecule has 0 radical (unpaired) electrons. The molecule has 0 aliphatic heterocycles. The molecule has 2 rings (SSSR count). The second-order valence-electron chi connectivity index (χ2n) is 4.64. The molecule has 20 heavy (non-hydrogen) atoms. The smallest absolute Gasteiger partial charge is 0.162 e. The summed E-state index contributed by atoms with van der Waals surface area (Å²) in [5.41, 5.74) is 3.72. The van der Waals surface area contributed by atoms with Gasteiger partial charge in [0, 0.05) is 17.8 Å². The standard InChI is InChI=1S/C16H20N2O2/c1-4-20-15-7-5-6-13(16(15)19)10-17-14-9-8-11(2)18-12(14)3/h5-9,17,19H,4,10H2,1-3H3. The molecular weight excluding hydrogens is 252 g/mol. The van der Waals surface area contributed by atoms with Crippen LogP contribution in [-0.2, 0) is 6.54 Å². The first kappa shape index (κ1) is 14.2. The van der Waals surface area contributed by atoms with Gasteiger partial charge in [-0.25, -0.2) is 0 Å². The molecule has 0 aliphatic carbocycles. The van der Waals surface area contributed by atoms with Crippen LogP contribution >= 0.6 is 0 Å². The largest absolute Gasteiger partial charge is 0.504 e. The van der Waals surface area contributed by atoms with Crippen molar-refractivity contribution in [3.8, 4) is 11.5 Å². The molecule has 0 bridgehead atoms. The number of nitrogens with one attached hydrogen (secondary N) is 1. The first-order chi connectivity index (χ1) is 9.61. The molecule has 0 saturated carbocycles. The molecule has 1 aromatic heterocycles. The zero-order valence-electron chi connectivity index (χ0n) is 12.1. The van der Waals surface area contributed by atoms with Gasteiger partial charge >= 0.3 is 0 Å². The predicted molar refractivity (Wildman–Crippen MR) is 80.3 cm³/mol. The third kappa shape index (κ3) is 3.20. The number of nitrogens with zero attached hydrogens (tertiary/aromatic N) is 1. The Morgan fingerprint density at radius 3 is 2.70 bits per heavy atom. The molecule has 0 fully saturated rings. The molecule has 0 spiro atoms.